The van der Waals surface area contributed by atoms with E-state index in [0.717, 1.165) is 19.3 Å². The minimum atomic E-state index is -0.560. The number of amides is 1. The molecular formula is C8H15N3O. The number of rotatable bonds is 3. The Morgan fingerprint density at radius 1 is 1.67 bits per heavy atom. The molecule has 1 amide bonds. The third-order valence-corrected chi connectivity index (χ3v) is 2.37. The van der Waals surface area contributed by atoms with E-state index < -0.39 is 5.41 Å². The van der Waals surface area contributed by atoms with Crippen LogP contribution in [0.25, 0.3) is 0 Å². The molecule has 68 valence electrons. The minimum Gasteiger partial charge on any atom is -0.385 e. The quantitative estimate of drug-likeness (QED) is 0.649. The smallest absolute Gasteiger partial charge is 0.253 e. The van der Waals surface area contributed by atoms with Crippen LogP contribution in [0.2, 0.25) is 0 Å². The van der Waals surface area contributed by atoms with E-state index in [9.17, 15) is 4.79 Å². The van der Waals surface area contributed by atoms with Crippen molar-refractivity contribution in [2.75, 3.05) is 0 Å². The van der Waals surface area contributed by atoms with Gasteiger partial charge in [-0.1, -0.05) is 19.8 Å². The monoisotopic (exact) mass is 169 g/mol. The van der Waals surface area contributed by atoms with Crippen LogP contribution >= 0.6 is 0 Å². The van der Waals surface area contributed by atoms with Crippen LogP contribution in [-0.2, 0) is 4.79 Å². The van der Waals surface area contributed by atoms with Crippen molar-refractivity contribution >= 4 is 11.7 Å². The summed E-state index contributed by atoms with van der Waals surface area (Å²) in [7, 11) is 0. The van der Waals surface area contributed by atoms with Gasteiger partial charge >= 0.3 is 0 Å². The number of nitrogens with two attached hydrogens (primary N) is 1. The van der Waals surface area contributed by atoms with Gasteiger partial charge in [0.05, 0.1) is 0 Å². The first-order chi connectivity index (χ1) is 5.61. The van der Waals surface area contributed by atoms with Crippen molar-refractivity contribution in [3.05, 3.63) is 0 Å². The standard InChI is InChI=1S/C8H15N3O/c1-3-4-5-8(2)6(9)10-11-7(8)12/h3-5H2,1-2H3,(H2,9,10)(H,11,12). The molecule has 0 radical (unpaired) electrons. The topological polar surface area (TPSA) is 67.5 Å². The summed E-state index contributed by atoms with van der Waals surface area (Å²) < 4.78 is 0. The summed E-state index contributed by atoms with van der Waals surface area (Å²) in [5.41, 5.74) is 7.44. The molecule has 1 aliphatic rings. The summed E-state index contributed by atoms with van der Waals surface area (Å²) in [5, 5.41) is 3.72. The molecule has 0 aromatic carbocycles. The first-order valence-corrected chi connectivity index (χ1v) is 4.25. The lowest BCUT2D eigenvalue weighted by Gasteiger charge is -2.19. The van der Waals surface area contributed by atoms with E-state index in [-0.39, 0.29) is 5.91 Å². The van der Waals surface area contributed by atoms with Gasteiger partial charge in [-0.15, -0.1) is 0 Å². The zero-order chi connectivity index (χ0) is 9.19. The van der Waals surface area contributed by atoms with E-state index >= 15 is 0 Å². The van der Waals surface area contributed by atoms with Crippen molar-refractivity contribution in [2.45, 2.75) is 33.1 Å². The Morgan fingerprint density at radius 2 is 2.33 bits per heavy atom. The lowest BCUT2D eigenvalue weighted by molar-refractivity contribution is -0.126. The average Bonchev–Trinajstić information content (AvgIpc) is 2.30. The third-order valence-electron chi connectivity index (χ3n) is 2.37. The van der Waals surface area contributed by atoms with Crippen LogP contribution in [0.4, 0.5) is 0 Å². The number of hydrogen-bond acceptors (Lipinski definition) is 3. The molecule has 4 nitrogen and oxygen atoms in total. The summed E-state index contributed by atoms with van der Waals surface area (Å²) in [6.07, 6.45) is 2.85. The SMILES string of the molecule is CCCCC1(C)C(=O)NN=C1N. The first kappa shape index (κ1) is 9.03. The van der Waals surface area contributed by atoms with Crippen molar-refractivity contribution in [1.29, 1.82) is 0 Å². The molecule has 1 aliphatic heterocycles. The second-order valence-electron chi connectivity index (χ2n) is 3.37. The highest BCUT2D eigenvalue weighted by molar-refractivity contribution is 6.10. The molecule has 3 N–H and O–H groups in total. The van der Waals surface area contributed by atoms with E-state index in [1.54, 1.807) is 0 Å². The van der Waals surface area contributed by atoms with Crippen LogP contribution < -0.4 is 11.2 Å². The predicted molar refractivity (Wildman–Crippen MR) is 47.4 cm³/mol. The van der Waals surface area contributed by atoms with Gasteiger partial charge in [0.15, 0.2) is 0 Å². The van der Waals surface area contributed by atoms with Gasteiger partial charge in [0.25, 0.3) is 5.91 Å². The van der Waals surface area contributed by atoms with E-state index in [0.29, 0.717) is 5.84 Å². The van der Waals surface area contributed by atoms with Gasteiger partial charge < -0.3 is 5.73 Å². The zero-order valence-corrected chi connectivity index (χ0v) is 7.55. The third kappa shape index (κ3) is 1.29. The average molecular weight is 169 g/mol. The number of amidine groups is 1. The van der Waals surface area contributed by atoms with Crippen molar-refractivity contribution in [3.63, 3.8) is 0 Å². The van der Waals surface area contributed by atoms with E-state index in [4.69, 9.17) is 5.73 Å². The molecule has 12 heavy (non-hydrogen) atoms. The van der Waals surface area contributed by atoms with Gasteiger partial charge in [-0.2, -0.15) is 5.10 Å². The molecule has 1 heterocycles. The number of hydrazone groups is 1. The van der Waals surface area contributed by atoms with Crippen LogP contribution in [0.15, 0.2) is 5.10 Å². The number of nitrogens with one attached hydrogen (secondary N) is 1. The summed E-state index contributed by atoms with van der Waals surface area (Å²) in [6, 6.07) is 0. The second kappa shape index (κ2) is 3.13. The van der Waals surface area contributed by atoms with Crippen LogP contribution in [-0.4, -0.2) is 11.7 Å². The first-order valence-electron chi connectivity index (χ1n) is 4.25. The maximum Gasteiger partial charge on any atom is 0.253 e. The fourth-order valence-corrected chi connectivity index (χ4v) is 1.25. The molecule has 1 rings (SSSR count). The Bertz CT molecular complexity index is 224. The summed E-state index contributed by atoms with van der Waals surface area (Å²) in [6.45, 7) is 3.92. The van der Waals surface area contributed by atoms with Crippen molar-refractivity contribution < 1.29 is 4.79 Å². The number of carbonyl (C=O) groups is 1. The fraction of sp³-hybridized carbons (Fsp3) is 0.750. The van der Waals surface area contributed by atoms with Crippen LogP contribution in [0.1, 0.15) is 33.1 Å². The molecular weight excluding hydrogens is 154 g/mol. The lowest BCUT2D eigenvalue weighted by Crippen LogP contribution is -2.39. The largest absolute Gasteiger partial charge is 0.385 e. The number of nitrogens with zero attached hydrogens (tertiary/aromatic N) is 1. The minimum absolute atomic E-state index is 0.0755. The Hall–Kier alpha value is -1.06. The van der Waals surface area contributed by atoms with Crippen LogP contribution in [0.5, 0.6) is 0 Å². The van der Waals surface area contributed by atoms with Gasteiger partial charge in [-0.05, 0) is 13.3 Å². The Labute approximate surface area is 72.2 Å². The highest BCUT2D eigenvalue weighted by Crippen LogP contribution is 2.27. The highest BCUT2D eigenvalue weighted by atomic mass is 16.2. The molecule has 0 fully saturated rings. The van der Waals surface area contributed by atoms with Crippen molar-refractivity contribution in [2.24, 2.45) is 16.3 Å². The molecule has 4 heteroatoms. The number of carbonyl (C=O) groups excluding carboxylic acids is 1. The normalized spacial score (nSPS) is 28.5. The van der Waals surface area contributed by atoms with Crippen LogP contribution in [0.3, 0.4) is 0 Å². The second-order valence-corrected chi connectivity index (χ2v) is 3.37. The Balaban J connectivity index is 2.67. The lowest BCUT2D eigenvalue weighted by atomic mass is 9.84. The predicted octanol–water partition coefficient (Wildman–Crippen LogP) is 0.585. The maximum absolute atomic E-state index is 11.3. The number of hydrogen-bond donors (Lipinski definition) is 2. The Morgan fingerprint density at radius 3 is 2.75 bits per heavy atom. The molecule has 1 atom stereocenters. The van der Waals surface area contributed by atoms with E-state index in [1.165, 1.54) is 0 Å². The summed E-state index contributed by atoms with van der Waals surface area (Å²) >= 11 is 0. The van der Waals surface area contributed by atoms with Crippen LogP contribution in [0, 0.1) is 5.41 Å². The van der Waals surface area contributed by atoms with Gasteiger partial charge in [0.1, 0.15) is 11.3 Å². The van der Waals surface area contributed by atoms with Gasteiger partial charge in [-0.3, -0.25) is 4.79 Å². The molecule has 1 unspecified atom stereocenters. The van der Waals surface area contributed by atoms with Gasteiger partial charge in [0.2, 0.25) is 0 Å². The Kier molecular flexibility index (Phi) is 2.35. The van der Waals surface area contributed by atoms with E-state index in [1.807, 2.05) is 6.92 Å². The maximum atomic E-state index is 11.3. The van der Waals surface area contributed by atoms with Gasteiger partial charge in [-0.25, -0.2) is 5.43 Å². The molecule has 0 aromatic rings. The summed E-state index contributed by atoms with van der Waals surface area (Å²) in [5.74, 6) is 0.342. The summed E-state index contributed by atoms with van der Waals surface area (Å²) in [4.78, 5) is 11.3. The zero-order valence-electron chi connectivity index (χ0n) is 7.55. The molecule has 0 bridgehead atoms. The molecule has 0 saturated carbocycles. The molecule has 0 aromatic heterocycles. The highest BCUT2D eigenvalue weighted by Gasteiger charge is 2.40. The molecule has 0 aliphatic carbocycles. The number of unbranched alkanes of at least 4 members (excludes halogenated alkanes) is 1. The molecule has 0 spiro atoms. The molecule has 0 saturated heterocycles. The van der Waals surface area contributed by atoms with Crippen molar-refractivity contribution in [1.82, 2.24) is 5.43 Å². The fourth-order valence-electron chi connectivity index (χ4n) is 1.25. The van der Waals surface area contributed by atoms with E-state index in [2.05, 4.69) is 17.5 Å². The van der Waals surface area contributed by atoms with Crippen molar-refractivity contribution in [3.8, 4) is 0 Å². The van der Waals surface area contributed by atoms with Gasteiger partial charge in [0, 0.05) is 0 Å².